The number of carbonyl (C=O) groups excluding carboxylic acids is 3. The van der Waals surface area contributed by atoms with Crippen molar-refractivity contribution in [3.63, 3.8) is 0 Å². The lowest BCUT2D eigenvalue weighted by Gasteiger charge is -2.32. The van der Waals surface area contributed by atoms with Crippen molar-refractivity contribution in [1.29, 1.82) is 5.26 Å². The summed E-state index contributed by atoms with van der Waals surface area (Å²) in [6.45, 7) is 2.72. The summed E-state index contributed by atoms with van der Waals surface area (Å²) in [7, 11) is 0. The molecule has 0 heterocycles. The van der Waals surface area contributed by atoms with Gasteiger partial charge in [-0.15, -0.1) is 0 Å². The van der Waals surface area contributed by atoms with Crippen molar-refractivity contribution in [3.8, 4) is 6.07 Å². The highest BCUT2D eigenvalue weighted by molar-refractivity contribution is 5.98. The maximum absolute atomic E-state index is 12.5. The Hall–Kier alpha value is -3.14. The number of nitriles is 1. The zero-order valence-corrected chi connectivity index (χ0v) is 16.2. The van der Waals surface area contributed by atoms with Crippen LogP contribution >= 0.6 is 0 Å². The molecule has 2 amide bonds. The van der Waals surface area contributed by atoms with Gasteiger partial charge in [-0.05, 0) is 31.4 Å². The average Bonchev–Trinajstić information content (AvgIpc) is 2.68. The van der Waals surface area contributed by atoms with E-state index in [0.29, 0.717) is 18.4 Å². The summed E-state index contributed by atoms with van der Waals surface area (Å²) in [6, 6.07) is 11.2. The molecule has 0 radical (unpaired) electrons. The molecular formula is C21H25N3O4. The molecule has 28 heavy (non-hydrogen) atoms. The first kappa shape index (κ1) is 21.2. The summed E-state index contributed by atoms with van der Waals surface area (Å²) in [5.41, 5.74) is -0.270. The summed E-state index contributed by atoms with van der Waals surface area (Å²) in [5.74, 6) is -1.78. The molecular weight excluding hydrogens is 358 g/mol. The molecule has 0 saturated heterocycles. The Morgan fingerprint density at radius 1 is 1.18 bits per heavy atom. The number of nitrogens with zero attached hydrogens (tertiary/aromatic N) is 1. The molecule has 2 N–H and O–H groups in total. The lowest BCUT2D eigenvalue weighted by molar-refractivity contribution is -0.152. The molecule has 2 rings (SSSR count). The number of amides is 2. The van der Waals surface area contributed by atoms with Crippen molar-refractivity contribution in [2.45, 2.75) is 57.6 Å². The molecule has 0 aromatic heterocycles. The Balaban J connectivity index is 2.07. The zero-order chi connectivity index (χ0) is 20.6. The Labute approximate surface area is 164 Å². The van der Waals surface area contributed by atoms with Crippen LogP contribution in [0.15, 0.2) is 36.0 Å². The first-order valence-corrected chi connectivity index (χ1v) is 9.34. The van der Waals surface area contributed by atoms with Gasteiger partial charge >= 0.3 is 5.97 Å². The summed E-state index contributed by atoms with van der Waals surface area (Å²) in [5, 5.41) is 14.6. The minimum atomic E-state index is -1.10. The van der Waals surface area contributed by atoms with Crippen LogP contribution in [0.2, 0.25) is 0 Å². The summed E-state index contributed by atoms with van der Waals surface area (Å²) >= 11 is 0. The fourth-order valence-electron chi connectivity index (χ4n) is 3.09. The molecule has 1 aromatic rings. The normalized spacial score (nSPS) is 17.0. The molecule has 1 aliphatic carbocycles. The highest BCUT2D eigenvalue weighted by Crippen LogP contribution is 2.27. The molecule has 1 fully saturated rings. The number of benzene rings is 1. The lowest BCUT2D eigenvalue weighted by Crippen LogP contribution is -2.52. The zero-order valence-electron chi connectivity index (χ0n) is 16.2. The van der Waals surface area contributed by atoms with Gasteiger partial charge in [-0.3, -0.25) is 9.59 Å². The summed E-state index contributed by atoms with van der Waals surface area (Å²) in [6.07, 6.45) is 4.32. The van der Waals surface area contributed by atoms with Gasteiger partial charge in [0.15, 0.2) is 6.10 Å². The quantitative estimate of drug-likeness (QED) is 0.579. The van der Waals surface area contributed by atoms with Crippen LogP contribution in [0.1, 0.15) is 51.5 Å². The average molecular weight is 383 g/mol. The van der Waals surface area contributed by atoms with Gasteiger partial charge in [0.1, 0.15) is 11.2 Å². The third kappa shape index (κ3) is 5.95. The van der Waals surface area contributed by atoms with Crippen LogP contribution in [0.3, 0.4) is 0 Å². The van der Waals surface area contributed by atoms with Crippen LogP contribution in [0.4, 0.5) is 0 Å². The van der Waals surface area contributed by atoms with Crippen LogP contribution in [0, 0.1) is 11.3 Å². The van der Waals surface area contributed by atoms with E-state index in [9.17, 15) is 19.6 Å². The van der Waals surface area contributed by atoms with E-state index in [1.54, 1.807) is 24.3 Å². The van der Waals surface area contributed by atoms with E-state index in [-0.39, 0.29) is 5.70 Å². The van der Waals surface area contributed by atoms with E-state index in [2.05, 4.69) is 16.7 Å². The number of hydrogen-bond donors (Lipinski definition) is 2. The number of rotatable bonds is 6. The minimum Gasteiger partial charge on any atom is -0.448 e. The number of nitrogens with one attached hydrogen (secondary N) is 2. The van der Waals surface area contributed by atoms with E-state index in [1.807, 2.05) is 6.07 Å². The van der Waals surface area contributed by atoms with E-state index in [4.69, 9.17) is 4.74 Å². The topological polar surface area (TPSA) is 108 Å². The highest BCUT2D eigenvalue weighted by atomic mass is 16.5. The molecule has 7 nitrogen and oxygen atoms in total. The number of esters is 1. The summed E-state index contributed by atoms with van der Waals surface area (Å²) < 4.78 is 5.24. The van der Waals surface area contributed by atoms with Gasteiger partial charge < -0.3 is 15.4 Å². The molecule has 1 atom stereocenters. The van der Waals surface area contributed by atoms with Gasteiger partial charge in [-0.25, -0.2) is 4.79 Å². The lowest BCUT2D eigenvalue weighted by atomic mass is 9.83. The van der Waals surface area contributed by atoms with Crippen LogP contribution in [0.25, 0.3) is 6.08 Å². The molecule has 7 heteroatoms. The second-order valence-electron chi connectivity index (χ2n) is 6.94. The Morgan fingerprint density at radius 3 is 2.39 bits per heavy atom. The van der Waals surface area contributed by atoms with Gasteiger partial charge in [-0.1, -0.05) is 49.6 Å². The predicted molar refractivity (Wildman–Crippen MR) is 103 cm³/mol. The minimum absolute atomic E-state index is 0.0639. The number of carbonyl (C=O) groups is 3. The molecule has 1 saturated carbocycles. The third-order valence-electron chi connectivity index (χ3n) is 4.58. The maximum Gasteiger partial charge on any atom is 0.355 e. The molecule has 0 bridgehead atoms. The van der Waals surface area contributed by atoms with Crippen molar-refractivity contribution in [2.75, 3.05) is 0 Å². The predicted octanol–water partition coefficient (Wildman–Crippen LogP) is 2.44. The second kappa shape index (κ2) is 9.70. The summed E-state index contributed by atoms with van der Waals surface area (Å²) in [4.78, 5) is 36.4. The van der Waals surface area contributed by atoms with Gasteiger partial charge in [0.25, 0.3) is 5.91 Å². The Kier molecular flexibility index (Phi) is 7.33. The number of hydrogen-bond acceptors (Lipinski definition) is 5. The van der Waals surface area contributed by atoms with E-state index < -0.39 is 29.4 Å². The van der Waals surface area contributed by atoms with Crippen LogP contribution in [0.5, 0.6) is 0 Å². The van der Waals surface area contributed by atoms with E-state index >= 15 is 0 Å². The smallest absolute Gasteiger partial charge is 0.355 e. The van der Waals surface area contributed by atoms with Crippen LogP contribution in [-0.4, -0.2) is 29.4 Å². The maximum atomic E-state index is 12.5. The molecule has 1 unspecified atom stereocenters. The van der Waals surface area contributed by atoms with Crippen molar-refractivity contribution < 1.29 is 19.1 Å². The van der Waals surface area contributed by atoms with Crippen molar-refractivity contribution >= 4 is 23.9 Å². The Morgan fingerprint density at radius 2 is 1.82 bits per heavy atom. The van der Waals surface area contributed by atoms with Gasteiger partial charge in [-0.2, -0.15) is 5.26 Å². The van der Waals surface area contributed by atoms with E-state index in [0.717, 1.165) is 19.3 Å². The molecule has 148 valence electrons. The van der Waals surface area contributed by atoms with Gasteiger partial charge in [0.2, 0.25) is 5.91 Å². The van der Waals surface area contributed by atoms with Gasteiger partial charge in [0, 0.05) is 6.92 Å². The first-order valence-electron chi connectivity index (χ1n) is 9.34. The standard InChI is InChI=1S/C21H25N3O4/c1-15(19(26)24-21(14-22)11-7-4-8-12-21)28-20(27)18(23-16(2)25)13-17-9-5-3-6-10-17/h3,5-6,9-10,13,15H,4,7-8,11-12H2,1-2H3,(H,23,25)(H,24,26)/b18-13+. The third-order valence-corrected chi connectivity index (χ3v) is 4.58. The highest BCUT2D eigenvalue weighted by Gasteiger charge is 2.35. The number of ether oxygens (including phenoxy) is 1. The fraction of sp³-hybridized carbons (Fsp3) is 0.429. The molecule has 0 aliphatic heterocycles. The van der Waals surface area contributed by atoms with Crippen molar-refractivity contribution in [2.24, 2.45) is 0 Å². The largest absolute Gasteiger partial charge is 0.448 e. The molecule has 0 spiro atoms. The monoisotopic (exact) mass is 383 g/mol. The first-order chi connectivity index (χ1) is 13.3. The van der Waals surface area contributed by atoms with Crippen LogP contribution in [-0.2, 0) is 19.1 Å². The Bertz CT molecular complexity index is 790. The fourth-order valence-corrected chi connectivity index (χ4v) is 3.09. The molecule has 1 aromatic carbocycles. The van der Waals surface area contributed by atoms with Gasteiger partial charge in [0.05, 0.1) is 6.07 Å². The molecule has 1 aliphatic rings. The van der Waals surface area contributed by atoms with E-state index in [1.165, 1.54) is 19.9 Å². The van der Waals surface area contributed by atoms with Crippen molar-refractivity contribution in [3.05, 3.63) is 41.6 Å². The van der Waals surface area contributed by atoms with Crippen LogP contribution < -0.4 is 10.6 Å². The second-order valence-corrected chi connectivity index (χ2v) is 6.94. The SMILES string of the molecule is CC(=O)N/C(=C/c1ccccc1)C(=O)OC(C)C(=O)NC1(C#N)CCCCC1. The van der Waals surface area contributed by atoms with Crippen molar-refractivity contribution in [1.82, 2.24) is 10.6 Å².